The molecule has 1 aliphatic rings. The first-order valence-corrected chi connectivity index (χ1v) is 5.83. The number of carbonyl (C=O) groups excluding carboxylic acids is 1. The number of benzene rings is 1. The summed E-state index contributed by atoms with van der Waals surface area (Å²) in [5.41, 5.74) is 1.97. The lowest BCUT2D eigenvalue weighted by molar-refractivity contribution is -0.141. The summed E-state index contributed by atoms with van der Waals surface area (Å²) in [5, 5.41) is 11.1. The van der Waals surface area contributed by atoms with Gasteiger partial charge in [-0.3, -0.25) is 9.59 Å². The Hall–Kier alpha value is -2.04. The van der Waals surface area contributed by atoms with Crippen molar-refractivity contribution in [1.29, 1.82) is 0 Å². The van der Waals surface area contributed by atoms with Crippen LogP contribution in [-0.4, -0.2) is 29.6 Å². The molecule has 2 rings (SSSR count). The fourth-order valence-electron chi connectivity index (χ4n) is 1.89. The Morgan fingerprint density at radius 1 is 1.50 bits per heavy atom. The van der Waals surface area contributed by atoms with Crippen LogP contribution in [0.25, 0.3) is 0 Å². The largest absolute Gasteiger partial charge is 0.493 e. The van der Waals surface area contributed by atoms with E-state index in [1.807, 2.05) is 18.2 Å². The molecule has 1 amide bonds. The van der Waals surface area contributed by atoms with Crippen molar-refractivity contribution in [2.45, 2.75) is 25.8 Å². The van der Waals surface area contributed by atoms with Crippen LogP contribution in [0, 0.1) is 0 Å². The normalized spacial score (nSPS) is 14.5. The summed E-state index contributed by atoms with van der Waals surface area (Å²) in [6.45, 7) is 2.12. The Balaban J connectivity index is 1.97. The zero-order valence-corrected chi connectivity index (χ0v) is 10.1. The highest BCUT2D eigenvalue weighted by Gasteiger charge is 2.16. The summed E-state index contributed by atoms with van der Waals surface area (Å²) in [4.78, 5) is 22.2. The highest BCUT2D eigenvalue weighted by atomic mass is 16.5. The molecule has 5 nitrogen and oxygen atoms in total. The zero-order chi connectivity index (χ0) is 13.1. The van der Waals surface area contributed by atoms with Gasteiger partial charge in [-0.05, 0) is 24.1 Å². The second-order valence-electron chi connectivity index (χ2n) is 4.34. The minimum Gasteiger partial charge on any atom is -0.493 e. The maximum absolute atomic E-state index is 11.6. The number of nitrogens with one attached hydrogen (secondary N) is 1. The average molecular weight is 249 g/mol. The highest BCUT2D eigenvalue weighted by molar-refractivity contribution is 5.84. The quantitative estimate of drug-likeness (QED) is 0.825. The van der Waals surface area contributed by atoms with Crippen molar-refractivity contribution in [2.24, 2.45) is 0 Å². The number of carboxylic acid groups (broad SMARTS) is 1. The van der Waals surface area contributed by atoms with E-state index < -0.39 is 12.0 Å². The van der Waals surface area contributed by atoms with Crippen LogP contribution in [0.5, 0.6) is 5.75 Å². The predicted molar refractivity (Wildman–Crippen MR) is 64.6 cm³/mol. The van der Waals surface area contributed by atoms with Gasteiger partial charge in [-0.15, -0.1) is 0 Å². The number of carboxylic acids is 1. The van der Waals surface area contributed by atoms with E-state index >= 15 is 0 Å². The first-order chi connectivity index (χ1) is 8.56. The number of hydrogen-bond donors (Lipinski definition) is 2. The van der Waals surface area contributed by atoms with E-state index in [-0.39, 0.29) is 12.3 Å². The molecule has 0 fully saturated rings. The van der Waals surface area contributed by atoms with Crippen LogP contribution in [0.3, 0.4) is 0 Å². The van der Waals surface area contributed by atoms with Crippen molar-refractivity contribution in [3.8, 4) is 5.75 Å². The molecule has 18 heavy (non-hydrogen) atoms. The molecule has 1 aromatic carbocycles. The molecular formula is C13H15NO4. The van der Waals surface area contributed by atoms with Crippen LogP contribution < -0.4 is 10.1 Å². The van der Waals surface area contributed by atoms with Gasteiger partial charge in [-0.1, -0.05) is 12.1 Å². The second kappa shape index (κ2) is 5.08. The van der Waals surface area contributed by atoms with Crippen LogP contribution in [-0.2, 0) is 22.4 Å². The molecule has 0 bridgehead atoms. The molecule has 0 aliphatic carbocycles. The third-order valence-corrected chi connectivity index (χ3v) is 2.87. The molecule has 5 heteroatoms. The Morgan fingerprint density at radius 3 is 3.00 bits per heavy atom. The number of ether oxygens (including phenoxy) is 1. The molecule has 0 spiro atoms. The monoisotopic (exact) mass is 249 g/mol. The van der Waals surface area contributed by atoms with Crippen LogP contribution in [0.1, 0.15) is 18.1 Å². The van der Waals surface area contributed by atoms with Gasteiger partial charge in [0.25, 0.3) is 0 Å². The van der Waals surface area contributed by atoms with Gasteiger partial charge in [-0.25, -0.2) is 0 Å². The van der Waals surface area contributed by atoms with Gasteiger partial charge < -0.3 is 15.2 Å². The van der Waals surface area contributed by atoms with Crippen molar-refractivity contribution < 1.29 is 19.4 Å². The first kappa shape index (κ1) is 12.4. The summed E-state index contributed by atoms with van der Waals surface area (Å²) < 4.78 is 5.38. The molecular weight excluding hydrogens is 234 g/mol. The molecule has 0 saturated heterocycles. The van der Waals surface area contributed by atoms with Gasteiger partial charge in [0, 0.05) is 6.42 Å². The Labute approximate surface area is 105 Å². The molecule has 1 atom stereocenters. The van der Waals surface area contributed by atoms with Crippen molar-refractivity contribution >= 4 is 11.9 Å². The first-order valence-electron chi connectivity index (χ1n) is 5.83. The van der Waals surface area contributed by atoms with E-state index in [1.165, 1.54) is 6.92 Å². The summed E-state index contributed by atoms with van der Waals surface area (Å²) in [6.07, 6.45) is 1.04. The Bertz CT molecular complexity index is 484. The van der Waals surface area contributed by atoms with E-state index in [9.17, 15) is 9.59 Å². The lowest BCUT2D eigenvalue weighted by Crippen LogP contribution is -2.39. The highest BCUT2D eigenvalue weighted by Crippen LogP contribution is 2.25. The summed E-state index contributed by atoms with van der Waals surface area (Å²) in [7, 11) is 0. The fourth-order valence-corrected chi connectivity index (χ4v) is 1.89. The molecule has 1 heterocycles. The molecule has 2 N–H and O–H groups in total. The van der Waals surface area contributed by atoms with Gasteiger partial charge in [-0.2, -0.15) is 0 Å². The summed E-state index contributed by atoms with van der Waals surface area (Å²) in [6, 6.07) is 4.75. The second-order valence-corrected chi connectivity index (χ2v) is 4.34. The third kappa shape index (κ3) is 2.80. The molecule has 0 saturated carbocycles. The lowest BCUT2D eigenvalue weighted by atomic mass is 10.1. The fraction of sp³-hybridized carbons (Fsp3) is 0.385. The van der Waals surface area contributed by atoms with Gasteiger partial charge in [0.2, 0.25) is 5.91 Å². The van der Waals surface area contributed by atoms with E-state index in [0.29, 0.717) is 6.61 Å². The van der Waals surface area contributed by atoms with Crippen LogP contribution >= 0.6 is 0 Å². The van der Waals surface area contributed by atoms with E-state index in [4.69, 9.17) is 9.84 Å². The van der Waals surface area contributed by atoms with Gasteiger partial charge in [0.1, 0.15) is 11.8 Å². The van der Waals surface area contributed by atoms with Crippen LogP contribution in [0.15, 0.2) is 18.2 Å². The minimum absolute atomic E-state index is 0.185. The maximum Gasteiger partial charge on any atom is 0.325 e. The Kier molecular flexibility index (Phi) is 3.50. The molecule has 1 aliphatic heterocycles. The van der Waals surface area contributed by atoms with Gasteiger partial charge >= 0.3 is 5.97 Å². The third-order valence-electron chi connectivity index (χ3n) is 2.87. The Morgan fingerprint density at radius 2 is 2.28 bits per heavy atom. The van der Waals surface area contributed by atoms with E-state index in [0.717, 1.165) is 23.3 Å². The van der Waals surface area contributed by atoms with Crippen molar-refractivity contribution in [1.82, 2.24) is 5.32 Å². The van der Waals surface area contributed by atoms with E-state index in [1.54, 1.807) is 0 Å². The number of aliphatic carboxylic acids is 1. The number of amides is 1. The molecule has 0 radical (unpaired) electrons. The molecule has 1 unspecified atom stereocenters. The van der Waals surface area contributed by atoms with Gasteiger partial charge in [0.15, 0.2) is 0 Å². The zero-order valence-electron chi connectivity index (χ0n) is 10.1. The van der Waals surface area contributed by atoms with Crippen LogP contribution in [0.2, 0.25) is 0 Å². The standard InChI is InChI=1S/C13H15NO4/c1-8(13(16)17)14-12(15)7-9-2-3-11-10(6-9)4-5-18-11/h2-3,6,8H,4-5,7H2,1H3,(H,14,15)(H,16,17). The molecule has 1 aromatic rings. The predicted octanol–water partition coefficient (Wildman–Crippen LogP) is 0.753. The number of rotatable bonds is 4. The minimum atomic E-state index is -1.04. The SMILES string of the molecule is CC(NC(=O)Cc1ccc2c(c1)CCO2)C(=O)O. The molecule has 0 aromatic heterocycles. The maximum atomic E-state index is 11.6. The van der Waals surface area contributed by atoms with Crippen molar-refractivity contribution in [3.05, 3.63) is 29.3 Å². The number of hydrogen-bond acceptors (Lipinski definition) is 3. The average Bonchev–Trinajstić information content (AvgIpc) is 2.75. The van der Waals surface area contributed by atoms with Gasteiger partial charge in [0.05, 0.1) is 13.0 Å². The smallest absolute Gasteiger partial charge is 0.325 e. The van der Waals surface area contributed by atoms with E-state index in [2.05, 4.69) is 5.32 Å². The van der Waals surface area contributed by atoms with Crippen molar-refractivity contribution in [3.63, 3.8) is 0 Å². The summed E-state index contributed by atoms with van der Waals surface area (Å²) >= 11 is 0. The number of carbonyl (C=O) groups is 2. The lowest BCUT2D eigenvalue weighted by Gasteiger charge is -2.09. The summed E-state index contributed by atoms with van der Waals surface area (Å²) in [5.74, 6) is -0.451. The topological polar surface area (TPSA) is 75.6 Å². The number of fused-ring (bicyclic) bond motifs is 1. The molecule has 96 valence electrons. The van der Waals surface area contributed by atoms with Crippen molar-refractivity contribution in [2.75, 3.05) is 6.61 Å². The van der Waals surface area contributed by atoms with Crippen LogP contribution in [0.4, 0.5) is 0 Å².